The zero-order chi connectivity index (χ0) is 18.4. The Morgan fingerprint density at radius 1 is 1.15 bits per heavy atom. The van der Waals surface area contributed by atoms with Crippen LogP contribution in [-0.2, 0) is 11.5 Å². The Balaban J connectivity index is 1.76. The van der Waals surface area contributed by atoms with Crippen LogP contribution in [0, 0.1) is 27.7 Å². The van der Waals surface area contributed by atoms with E-state index in [1.54, 1.807) is 6.07 Å². The van der Waals surface area contributed by atoms with Crippen molar-refractivity contribution in [3.8, 4) is 5.69 Å². The Kier molecular flexibility index (Phi) is 4.15. The van der Waals surface area contributed by atoms with Crippen molar-refractivity contribution in [3.63, 3.8) is 0 Å². The molecule has 2 aromatic heterocycles. The first kappa shape index (κ1) is 17.0. The van der Waals surface area contributed by atoms with E-state index in [2.05, 4.69) is 31.3 Å². The summed E-state index contributed by atoms with van der Waals surface area (Å²) in [4.78, 5) is 12.8. The maximum atomic E-state index is 12.8. The lowest BCUT2D eigenvalue weighted by Crippen LogP contribution is -2.16. The van der Waals surface area contributed by atoms with Crippen LogP contribution in [0.15, 0.2) is 28.7 Å². The van der Waals surface area contributed by atoms with Gasteiger partial charge in [-0.15, -0.1) is 0 Å². The van der Waals surface area contributed by atoms with E-state index in [1.165, 1.54) is 11.1 Å². The van der Waals surface area contributed by atoms with Gasteiger partial charge >= 0.3 is 0 Å². The second-order valence-corrected chi connectivity index (χ2v) is 7.71. The lowest BCUT2D eigenvalue weighted by molar-refractivity contribution is 0.102. The van der Waals surface area contributed by atoms with E-state index in [1.807, 2.05) is 36.4 Å². The molecule has 4 rings (SSSR count). The van der Waals surface area contributed by atoms with E-state index < -0.39 is 0 Å². The molecule has 0 unspecified atom stereocenters. The summed E-state index contributed by atoms with van der Waals surface area (Å²) < 4.78 is 7.36. The third-order valence-electron chi connectivity index (χ3n) is 4.80. The summed E-state index contributed by atoms with van der Waals surface area (Å²) >= 11 is 1.82. The summed E-state index contributed by atoms with van der Waals surface area (Å²) in [5, 5.41) is 7.85. The molecule has 1 aliphatic heterocycles. The molecule has 0 spiro atoms. The number of nitrogens with one attached hydrogen (secondary N) is 1. The van der Waals surface area contributed by atoms with Crippen molar-refractivity contribution in [2.75, 3.05) is 5.32 Å². The van der Waals surface area contributed by atoms with Gasteiger partial charge in [-0.25, -0.2) is 4.68 Å². The van der Waals surface area contributed by atoms with Gasteiger partial charge in [-0.2, -0.15) is 16.9 Å². The summed E-state index contributed by atoms with van der Waals surface area (Å²) in [5.41, 5.74) is 6.12. The summed E-state index contributed by atoms with van der Waals surface area (Å²) in [6, 6.07) is 8.01. The highest BCUT2D eigenvalue weighted by atomic mass is 32.2. The van der Waals surface area contributed by atoms with Gasteiger partial charge in [-0.05, 0) is 57.0 Å². The lowest BCUT2D eigenvalue weighted by Gasteiger charge is -2.12. The maximum absolute atomic E-state index is 12.8. The molecule has 134 valence electrons. The molecule has 0 atom stereocenters. The van der Waals surface area contributed by atoms with E-state index in [-0.39, 0.29) is 5.91 Å². The van der Waals surface area contributed by atoms with Gasteiger partial charge in [0.25, 0.3) is 5.91 Å². The van der Waals surface area contributed by atoms with Crippen LogP contribution in [0.5, 0.6) is 0 Å². The Morgan fingerprint density at radius 3 is 2.65 bits per heavy atom. The van der Waals surface area contributed by atoms with Gasteiger partial charge < -0.3 is 9.73 Å². The van der Waals surface area contributed by atoms with Crippen molar-refractivity contribution >= 4 is 23.5 Å². The highest BCUT2D eigenvalue weighted by molar-refractivity contribution is 7.98. The quantitative estimate of drug-likeness (QED) is 0.729. The topological polar surface area (TPSA) is 60.1 Å². The zero-order valence-corrected chi connectivity index (χ0v) is 16.2. The Morgan fingerprint density at radius 2 is 1.96 bits per heavy atom. The Hall–Kier alpha value is -2.47. The molecular weight excluding hydrogens is 346 g/mol. The minimum absolute atomic E-state index is 0.163. The highest BCUT2D eigenvalue weighted by Gasteiger charge is 2.26. The van der Waals surface area contributed by atoms with Crippen molar-refractivity contribution in [1.82, 2.24) is 9.78 Å². The van der Waals surface area contributed by atoms with Crippen LogP contribution < -0.4 is 5.32 Å². The number of fused-ring (bicyclic) bond motifs is 1. The van der Waals surface area contributed by atoms with Crippen LogP contribution in [0.2, 0.25) is 0 Å². The number of nitrogens with zero attached hydrogens (tertiary/aromatic N) is 2. The van der Waals surface area contributed by atoms with Crippen LogP contribution in [-0.4, -0.2) is 15.7 Å². The third-order valence-corrected chi connectivity index (χ3v) is 5.77. The molecule has 1 aromatic carbocycles. The van der Waals surface area contributed by atoms with E-state index in [0.29, 0.717) is 11.3 Å². The number of aromatic nitrogens is 2. The number of carbonyl (C=O) groups is 1. The number of benzene rings is 1. The molecule has 0 aliphatic carbocycles. The number of anilines is 1. The van der Waals surface area contributed by atoms with Crippen molar-refractivity contribution < 1.29 is 9.21 Å². The number of rotatable bonds is 3. The second kappa shape index (κ2) is 6.36. The third kappa shape index (κ3) is 2.84. The van der Waals surface area contributed by atoms with Gasteiger partial charge in [0.15, 0.2) is 0 Å². The minimum Gasteiger partial charge on any atom is -0.466 e. The summed E-state index contributed by atoms with van der Waals surface area (Å²) in [5.74, 6) is 3.69. The minimum atomic E-state index is -0.163. The van der Waals surface area contributed by atoms with Crippen LogP contribution in [0.1, 0.15) is 44.3 Å². The molecule has 3 heterocycles. The number of carbonyl (C=O) groups excluding carboxylic acids is 1. The zero-order valence-electron chi connectivity index (χ0n) is 15.3. The number of hydrogen-bond donors (Lipinski definition) is 1. The average molecular weight is 367 g/mol. The largest absolute Gasteiger partial charge is 0.466 e. The molecule has 6 heteroatoms. The van der Waals surface area contributed by atoms with Gasteiger partial charge in [-0.3, -0.25) is 4.79 Å². The van der Waals surface area contributed by atoms with Crippen LogP contribution >= 0.6 is 11.8 Å². The number of amides is 1. The number of thioether (sulfide) groups is 1. The molecule has 0 fully saturated rings. The summed E-state index contributed by atoms with van der Waals surface area (Å²) in [7, 11) is 0. The molecule has 1 amide bonds. The number of aryl methyl sites for hydroxylation is 4. The SMILES string of the molecule is Cc1cc(C(=O)Nc2c3c(nn2-c2ccc(C)c(C)c2)CSC3)c(C)o1. The fourth-order valence-electron chi connectivity index (χ4n) is 3.22. The van der Waals surface area contributed by atoms with Gasteiger partial charge in [0.05, 0.1) is 16.9 Å². The molecule has 26 heavy (non-hydrogen) atoms. The lowest BCUT2D eigenvalue weighted by atomic mass is 10.1. The first-order valence-corrected chi connectivity index (χ1v) is 9.74. The predicted octanol–water partition coefficient (Wildman–Crippen LogP) is 4.70. The van der Waals surface area contributed by atoms with Crippen molar-refractivity contribution in [3.05, 3.63) is 63.7 Å². The summed E-state index contributed by atoms with van der Waals surface area (Å²) in [6.45, 7) is 7.83. The fraction of sp³-hybridized carbons (Fsp3) is 0.300. The average Bonchev–Trinajstić information content (AvgIpc) is 3.26. The van der Waals surface area contributed by atoms with E-state index in [0.717, 1.165) is 40.0 Å². The van der Waals surface area contributed by atoms with Crippen LogP contribution in [0.3, 0.4) is 0 Å². The first-order valence-electron chi connectivity index (χ1n) is 8.58. The Labute approximate surface area is 156 Å². The second-order valence-electron chi connectivity index (χ2n) is 6.73. The van der Waals surface area contributed by atoms with Crippen LogP contribution in [0.25, 0.3) is 5.69 Å². The fourth-order valence-corrected chi connectivity index (χ4v) is 4.25. The highest BCUT2D eigenvalue weighted by Crippen LogP contribution is 2.36. The molecule has 0 radical (unpaired) electrons. The van der Waals surface area contributed by atoms with Gasteiger partial charge in [-0.1, -0.05) is 6.07 Å². The van der Waals surface area contributed by atoms with Crippen molar-refractivity contribution in [2.45, 2.75) is 39.2 Å². The molecule has 1 aliphatic rings. The molecule has 1 N–H and O–H groups in total. The monoisotopic (exact) mass is 367 g/mol. The molecular formula is C20H21N3O2S. The molecule has 3 aromatic rings. The molecule has 5 nitrogen and oxygen atoms in total. The molecule has 0 bridgehead atoms. The van der Waals surface area contributed by atoms with Crippen LogP contribution in [0.4, 0.5) is 5.82 Å². The van der Waals surface area contributed by atoms with Gasteiger partial charge in [0, 0.05) is 17.1 Å². The van der Waals surface area contributed by atoms with E-state index in [4.69, 9.17) is 9.52 Å². The summed E-state index contributed by atoms with van der Waals surface area (Å²) in [6.07, 6.45) is 0. The Bertz CT molecular complexity index is 1020. The van der Waals surface area contributed by atoms with Crippen molar-refractivity contribution in [1.29, 1.82) is 0 Å². The normalized spacial score (nSPS) is 13.1. The van der Waals surface area contributed by atoms with Gasteiger partial charge in [0.1, 0.15) is 17.3 Å². The molecule has 0 saturated carbocycles. The maximum Gasteiger partial charge on any atom is 0.260 e. The van der Waals surface area contributed by atoms with Gasteiger partial charge in [0.2, 0.25) is 0 Å². The number of furan rings is 1. The standard InChI is InChI=1S/C20H21N3O2S/c1-11-5-6-15(7-12(11)2)23-19(17-9-26-10-18(17)22-23)21-20(24)16-8-13(3)25-14(16)4/h5-8H,9-10H2,1-4H3,(H,21,24). The smallest absolute Gasteiger partial charge is 0.260 e. The number of hydrogen-bond acceptors (Lipinski definition) is 4. The first-order chi connectivity index (χ1) is 12.4. The van der Waals surface area contributed by atoms with E-state index >= 15 is 0 Å². The predicted molar refractivity (Wildman–Crippen MR) is 104 cm³/mol. The van der Waals surface area contributed by atoms with E-state index in [9.17, 15) is 4.79 Å². The molecule has 0 saturated heterocycles. The van der Waals surface area contributed by atoms with Crippen molar-refractivity contribution in [2.24, 2.45) is 0 Å².